The highest BCUT2D eigenvalue weighted by Crippen LogP contribution is 2.05. The molecule has 0 spiro atoms. The molecule has 2 heteroatoms. The molecule has 19 heavy (non-hydrogen) atoms. The van der Waals surface area contributed by atoms with E-state index in [-0.39, 0.29) is 6.86 Å². The maximum absolute atomic E-state index is 11.4. The summed E-state index contributed by atoms with van der Waals surface area (Å²) in [6.07, 6.45) is 1.25. The van der Waals surface area contributed by atoms with Gasteiger partial charge in [-0.05, 0) is 19.1 Å². The lowest BCUT2D eigenvalue weighted by molar-refractivity contribution is 1.09. The second-order valence-corrected chi connectivity index (χ2v) is 3.57. The second kappa shape index (κ2) is 12.9. The molecule has 0 aliphatic rings. The highest BCUT2D eigenvalue weighted by atomic mass is 16.1. The van der Waals surface area contributed by atoms with E-state index in [2.05, 4.69) is 18.8 Å². The van der Waals surface area contributed by atoms with E-state index in [1.54, 1.807) is 6.07 Å². The normalized spacial score (nSPS) is 8.16. The van der Waals surface area contributed by atoms with Crippen LogP contribution in [0, 0.1) is 6.92 Å². The van der Waals surface area contributed by atoms with E-state index in [0.717, 1.165) is 16.6 Å². The number of fused-ring (bicyclic) bond motifs is 1. The fourth-order valence-electron chi connectivity index (χ4n) is 1.33. The molecule has 0 bridgehead atoms. The van der Waals surface area contributed by atoms with Crippen molar-refractivity contribution in [3.63, 3.8) is 0 Å². The van der Waals surface area contributed by atoms with E-state index >= 15 is 0 Å². The van der Waals surface area contributed by atoms with Gasteiger partial charge in [0.25, 0.3) is 0 Å². The summed E-state index contributed by atoms with van der Waals surface area (Å²) in [5.41, 5.74) is 1.89. The monoisotopic (exact) mass is 265 g/mol. The zero-order valence-electron chi connectivity index (χ0n) is 13.5. The van der Waals surface area contributed by atoms with E-state index in [4.69, 9.17) is 0 Å². The summed E-state index contributed by atoms with van der Waals surface area (Å²) < 4.78 is 0. The minimum absolute atomic E-state index is 0. The van der Waals surface area contributed by atoms with Crippen molar-refractivity contribution in [3.05, 3.63) is 46.2 Å². The molecule has 0 atom stereocenters. The van der Waals surface area contributed by atoms with Gasteiger partial charge in [0, 0.05) is 24.1 Å². The largest absolute Gasteiger partial charge is 0.358 e. The molecule has 0 aliphatic carbocycles. The minimum Gasteiger partial charge on any atom is -0.358 e. The Bertz CT molecular complexity index is 492. The van der Waals surface area contributed by atoms with Crippen LogP contribution in [-0.4, -0.2) is 4.98 Å². The standard InChI is InChI=1S/C10H9NO.C3H8.2C2H6.H2/c1-7-6-10(12)8-4-2-3-5-9(8)11-7;1-3-2;2*1-2;/h2-6H,1H3,(H,11,12);3H2,1-2H3;2*1-2H3;1H. The Hall–Kier alpha value is -1.57. The first kappa shape index (κ1) is 19.8. The summed E-state index contributed by atoms with van der Waals surface area (Å²) in [6, 6.07) is 9.13. The Kier molecular flexibility index (Phi) is 13.4. The first-order valence-electron chi connectivity index (χ1n) is 7.27. The van der Waals surface area contributed by atoms with E-state index in [0.29, 0.717) is 0 Å². The van der Waals surface area contributed by atoms with Crippen molar-refractivity contribution in [1.29, 1.82) is 0 Å². The van der Waals surface area contributed by atoms with Crippen LogP contribution in [0.1, 0.15) is 55.1 Å². The van der Waals surface area contributed by atoms with Crippen molar-refractivity contribution in [2.45, 2.75) is 54.9 Å². The molecule has 2 rings (SSSR count). The van der Waals surface area contributed by atoms with Crippen LogP contribution in [0.25, 0.3) is 10.9 Å². The molecule has 0 radical (unpaired) electrons. The number of hydrogen-bond donors (Lipinski definition) is 1. The Morgan fingerprint density at radius 3 is 2.05 bits per heavy atom. The Morgan fingerprint density at radius 2 is 1.53 bits per heavy atom. The van der Waals surface area contributed by atoms with Gasteiger partial charge in [0.05, 0.1) is 0 Å². The van der Waals surface area contributed by atoms with Crippen molar-refractivity contribution in [2.75, 3.05) is 0 Å². The van der Waals surface area contributed by atoms with Crippen LogP contribution in [-0.2, 0) is 0 Å². The Labute approximate surface area is 119 Å². The van der Waals surface area contributed by atoms with Gasteiger partial charge >= 0.3 is 0 Å². The average molecular weight is 265 g/mol. The van der Waals surface area contributed by atoms with Gasteiger partial charge in [-0.1, -0.05) is 60.1 Å². The molecule has 1 N–H and O–H groups in total. The van der Waals surface area contributed by atoms with Crippen LogP contribution in [0.5, 0.6) is 0 Å². The summed E-state index contributed by atoms with van der Waals surface area (Å²) in [5.74, 6) is 0. The predicted molar refractivity (Wildman–Crippen MR) is 90.1 cm³/mol. The van der Waals surface area contributed by atoms with Gasteiger partial charge in [0.2, 0.25) is 0 Å². The molecule has 110 valence electrons. The van der Waals surface area contributed by atoms with Gasteiger partial charge < -0.3 is 4.98 Å². The number of benzene rings is 1. The number of H-pyrrole nitrogens is 1. The zero-order valence-corrected chi connectivity index (χ0v) is 13.5. The first-order valence-corrected chi connectivity index (χ1v) is 7.27. The molecule has 1 aromatic heterocycles. The number of aromatic amines is 1. The molecule has 0 amide bonds. The number of para-hydroxylation sites is 1. The lowest BCUT2D eigenvalue weighted by Crippen LogP contribution is -2.01. The number of aryl methyl sites for hydroxylation is 1. The number of aromatic nitrogens is 1. The summed E-state index contributed by atoms with van der Waals surface area (Å²) >= 11 is 0. The smallest absolute Gasteiger partial charge is 0.189 e. The third-order valence-electron chi connectivity index (χ3n) is 1.87. The molecule has 0 aliphatic heterocycles. The predicted octanol–water partition coefficient (Wildman–Crippen LogP) is 5.55. The van der Waals surface area contributed by atoms with Crippen LogP contribution < -0.4 is 5.43 Å². The molecule has 0 fully saturated rings. The number of hydrogen-bond acceptors (Lipinski definition) is 1. The molecule has 1 heterocycles. The highest BCUT2D eigenvalue weighted by molar-refractivity contribution is 5.78. The van der Waals surface area contributed by atoms with Crippen molar-refractivity contribution in [3.8, 4) is 0 Å². The van der Waals surface area contributed by atoms with Gasteiger partial charge in [-0.3, -0.25) is 4.79 Å². The molecule has 0 saturated heterocycles. The van der Waals surface area contributed by atoms with E-state index in [9.17, 15) is 4.79 Å². The van der Waals surface area contributed by atoms with Crippen molar-refractivity contribution in [1.82, 2.24) is 4.98 Å². The molecule has 0 saturated carbocycles. The topological polar surface area (TPSA) is 32.9 Å². The molecular formula is C17H31NO. The van der Waals surface area contributed by atoms with Gasteiger partial charge in [0.15, 0.2) is 5.43 Å². The molecule has 0 unspecified atom stereocenters. The van der Waals surface area contributed by atoms with E-state index in [1.165, 1.54) is 6.42 Å². The summed E-state index contributed by atoms with van der Waals surface area (Å²) in [7, 11) is 0. The van der Waals surface area contributed by atoms with Gasteiger partial charge in [-0.15, -0.1) is 0 Å². The maximum atomic E-state index is 11.4. The van der Waals surface area contributed by atoms with Gasteiger partial charge in [-0.2, -0.15) is 0 Å². The Morgan fingerprint density at radius 1 is 1.05 bits per heavy atom. The third-order valence-corrected chi connectivity index (χ3v) is 1.87. The van der Waals surface area contributed by atoms with Crippen LogP contribution in [0.4, 0.5) is 0 Å². The van der Waals surface area contributed by atoms with E-state index < -0.39 is 0 Å². The van der Waals surface area contributed by atoms with Gasteiger partial charge in [-0.25, -0.2) is 0 Å². The summed E-state index contributed by atoms with van der Waals surface area (Å²) in [5, 5.41) is 0.753. The zero-order chi connectivity index (χ0) is 15.3. The summed E-state index contributed by atoms with van der Waals surface area (Å²) in [6.45, 7) is 14.1. The minimum atomic E-state index is 0. The SMILES string of the molecule is CC.CC.CCC.Cc1cc(=O)c2ccccc2[nH]1.[HH]. The third kappa shape index (κ3) is 7.45. The Balaban J connectivity index is -0.000000315. The van der Waals surface area contributed by atoms with Crippen LogP contribution >= 0.6 is 0 Å². The fourth-order valence-corrected chi connectivity index (χ4v) is 1.33. The number of rotatable bonds is 0. The maximum Gasteiger partial charge on any atom is 0.189 e. The van der Waals surface area contributed by atoms with Crippen molar-refractivity contribution < 1.29 is 1.43 Å². The fraction of sp³-hybridized carbons (Fsp3) is 0.471. The van der Waals surface area contributed by atoms with E-state index in [1.807, 2.05) is 58.9 Å². The van der Waals surface area contributed by atoms with Crippen molar-refractivity contribution in [2.24, 2.45) is 0 Å². The number of pyridine rings is 1. The molecule has 2 aromatic rings. The quantitative estimate of drug-likeness (QED) is 0.665. The van der Waals surface area contributed by atoms with Gasteiger partial charge in [0.1, 0.15) is 0 Å². The first-order chi connectivity index (χ1) is 9.19. The molecular weight excluding hydrogens is 234 g/mol. The highest BCUT2D eigenvalue weighted by Gasteiger charge is 1.96. The van der Waals surface area contributed by atoms with Crippen LogP contribution in [0.15, 0.2) is 35.1 Å². The lowest BCUT2D eigenvalue weighted by Gasteiger charge is -1.97. The second-order valence-electron chi connectivity index (χ2n) is 3.57. The van der Waals surface area contributed by atoms with Crippen LogP contribution in [0.2, 0.25) is 0 Å². The summed E-state index contributed by atoms with van der Waals surface area (Å²) in [4.78, 5) is 14.5. The lowest BCUT2D eigenvalue weighted by atomic mass is 10.2. The van der Waals surface area contributed by atoms with Crippen LogP contribution in [0.3, 0.4) is 0 Å². The molecule has 1 aromatic carbocycles. The van der Waals surface area contributed by atoms with Crippen molar-refractivity contribution >= 4 is 10.9 Å². The number of nitrogens with one attached hydrogen (secondary N) is 1. The molecule has 2 nitrogen and oxygen atoms in total. The average Bonchev–Trinajstić information content (AvgIpc) is 2.44.